The number of ether oxygens (including phenoxy) is 2. The van der Waals surface area contributed by atoms with Gasteiger partial charge in [-0.05, 0) is 38.1 Å². The highest BCUT2D eigenvalue weighted by Crippen LogP contribution is 2.27. The summed E-state index contributed by atoms with van der Waals surface area (Å²) in [5, 5.41) is 8.38. The molecule has 9 heteroatoms. The highest BCUT2D eigenvalue weighted by molar-refractivity contribution is 7.90. The van der Waals surface area contributed by atoms with Crippen LogP contribution in [0.4, 0.5) is 0 Å². The summed E-state index contributed by atoms with van der Waals surface area (Å²) >= 11 is 1.37. The van der Waals surface area contributed by atoms with Crippen LogP contribution in [0.2, 0.25) is 0 Å². The lowest BCUT2D eigenvalue weighted by atomic mass is 10.2. The number of nitriles is 1. The Balaban J connectivity index is 1.67. The maximum atomic E-state index is 12.1. The zero-order valence-corrected chi connectivity index (χ0v) is 16.0. The lowest BCUT2D eigenvalue weighted by Gasteiger charge is -2.21. The SMILES string of the molecule is CC(C)S(=O)(=O)NC1COCC1Oc1ccc(-c2ccc(C#N)s2)nc1. The minimum absolute atomic E-state index is 0.272. The fraction of sp³-hybridized carbons (Fsp3) is 0.412. The van der Waals surface area contributed by atoms with E-state index in [0.717, 1.165) is 10.6 Å². The molecule has 1 fully saturated rings. The molecule has 0 saturated carbocycles. The van der Waals surface area contributed by atoms with Crippen molar-refractivity contribution in [2.24, 2.45) is 0 Å². The Labute approximate surface area is 156 Å². The Morgan fingerprint density at radius 1 is 1.35 bits per heavy atom. The molecule has 0 radical (unpaired) electrons. The largest absolute Gasteiger partial charge is 0.485 e. The summed E-state index contributed by atoms with van der Waals surface area (Å²) in [5.74, 6) is 0.537. The number of hydrogen-bond donors (Lipinski definition) is 1. The Morgan fingerprint density at radius 2 is 2.15 bits per heavy atom. The minimum atomic E-state index is -3.40. The highest BCUT2D eigenvalue weighted by atomic mass is 32.2. The van der Waals surface area contributed by atoms with Gasteiger partial charge in [-0.3, -0.25) is 4.98 Å². The summed E-state index contributed by atoms with van der Waals surface area (Å²) < 4.78 is 38.0. The smallest absolute Gasteiger partial charge is 0.214 e. The van der Waals surface area contributed by atoms with Gasteiger partial charge in [0.25, 0.3) is 0 Å². The zero-order valence-electron chi connectivity index (χ0n) is 14.4. The molecule has 7 nitrogen and oxygen atoms in total. The van der Waals surface area contributed by atoms with Gasteiger partial charge in [0.2, 0.25) is 10.0 Å². The van der Waals surface area contributed by atoms with Crippen LogP contribution in [0.5, 0.6) is 5.75 Å². The Morgan fingerprint density at radius 3 is 2.77 bits per heavy atom. The molecule has 2 aromatic heterocycles. The molecule has 0 amide bonds. The van der Waals surface area contributed by atoms with Gasteiger partial charge in [0.05, 0.1) is 41.3 Å². The topological polar surface area (TPSA) is 101 Å². The van der Waals surface area contributed by atoms with Gasteiger partial charge < -0.3 is 9.47 Å². The van der Waals surface area contributed by atoms with Gasteiger partial charge in [-0.1, -0.05) is 0 Å². The molecule has 1 N–H and O–H groups in total. The molecule has 138 valence electrons. The van der Waals surface area contributed by atoms with Crippen LogP contribution >= 0.6 is 11.3 Å². The van der Waals surface area contributed by atoms with Crippen molar-refractivity contribution in [3.8, 4) is 22.4 Å². The number of aromatic nitrogens is 1. The van der Waals surface area contributed by atoms with Gasteiger partial charge in [-0.2, -0.15) is 5.26 Å². The Kier molecular flexibility index (Phi) is 5.58. The lowest BCUT2D eigenvalue weighted by molar-refractivity contribution is 0.139. The van der Waals surface area contributed by atoms with Crippen LogP contribution in [0.15, 0.2) is 30.5 Å². The number of pyridine rings is 1. The van der Waals surface area contributed by atoms with Crippen LogP contribution in [0.25, 0.3) is 10.6 Å². The number of thiophene rings is 1. The average molecular weight is 393 g/mol. The summed E-state index contributed by atoms with van der Waals surface area (Å²) in [4.78, 5) is 5.90. The van der Waals surface area contributed by atoms with Crippen molar-refractivity contribution in [2.45, 2.75) is 31.2 Å². The van der Waals surface area contributed by atoms with Crippen molar-refractivity contribution in [1.82, 2.24) is 9.71 Å². The predicted octanol–water partition coefficient (Wildman–Crippen LogP) is 2.16. The molecule has 2 aromatic rings. The average Bonchev–Trinajstić information content (AvgIpc) is 3.25. The van der Waals surface area contributed by atoms with E-state index >= 15 is 0 Å². The Hall–Kier alpha value is -1.99. The van der Waals surface area contributed by atoms with Gasteiger partial charge in [-0.25, -0.2) is 13.1 Å². The molecular formula is C17H19N3O4S2. The molecule has 3 rings (SSSR count). The van der Waals surface area contributed by atoms with Crippen molar-refractivity contribution >= 4 is 21.4 Å². The van der Waals surface area contributed by atoms with Gasteiger partial charge in [0.15, 0.2) is 0 Å². The van der Waals surface area contributed by atoms with E-state index in [1.165, 1.54) is 11.3 Å². The molecule has 0 aromatic carbocycles. The first-order valence-electron chi connectivity index (χ1n) is 8.11. The van der Waals surface area contributed by atoms with Crippen molar-refractivity contribution in [1.29, 1.82) is 5.26 Å². The highest BCUT2D eigenvalue weighted by Gasteiger charge is 2.34. The lowest BCUT2D eigenvalue weighted by Crippen LogP contribution is -2.47. The van der Waals surface area contributed by atoms with Gasteiger partial charge >= 0.3 is 0 Å². The second-order valence-corrected chi connectivity index (χ2v) is 9.52. The summed E-state index contributed by atoms with van der Waals surface area (Å²) in [6, 6.07) is 8.87. The molecule has 1 aliphatic heterocycles. The van der Waals surface area contributed by atoms with E-state index in [-0.39, 0.29) is 6.61 Å². The molecule has 26 heavy (non-hydrogen) atoms. The fourth-order valence-electron chi connectivity index (χ4n) is 2.41. The van der Waals surface area contributed by atoms with Crippen LogP contribution in [0, 0.1) is 11.3 Å². The van der Waals surface area contributed by atoms with Crippen molar-refractivity contribution < 1.29 is 17.9 Å². The second kappa shape index (κ2) is 7.72. The van der Waals surface area contributed by atoms with E-state index in [1.54, 1.807) is 32.2 Å². The number of nitrogens with one attached hydrogen (secondary N) is 1. The van der Waals surface area contributed by atoms with E-state index in [1.807, 2.05) is 12.1 Å². The van der Waals surface area contributed by atoms with E-state index in [9.17, 15) is 8.42 Å². The van der Waals surface area contributed by atoms with Crippen LogP contribution in [0.3, 0.4) is 0 Å². The first-order valence-corrected chi connectivity index (χ1v) is 10.5. The molecule has 1 saturated heterocycles. The fourth-order valence-corrected chi connectivity index (χ4v) is 4.11. The number of sulfonamides is 1. The van der Waals surface area contributed by atoms with E-state index < -0.39 is 27.4 Å². The summed E-state index contributed by atoms with van der Waals surface area (Å²) in [6.07, 6.45) is 1.18. The summed E-state index contributed by atoms with van der Waals surface area (Å²) in [7, 11) is -3.40. The van der Waals surface area contributed by atoms with Crippen LogP contribution in [-0.4, -0.2) is 44.0 Å². The van der Waals surface area contributed by atoms with Crippen LogP contribution < -0.4 is 9.46 Å². The molecule has 2 atom stereocenters. The first kappa shape index (κ1) is 18.8. The molecule has 2 unspecified atom stereocenters. The molecule has 1 aliphatic rings. The normalized spacial score (nSPS) is 20.2. The molecule has 0 aliphatic carbocycles. The van der Waals surface area contributed by atoms with E-state index in [4.69, 9.17) is 14.7 Å². The predicted molar refractivity (Wildman–Crippen MR) is 98.5 cm³/mol. The van der Waals surface area contributed by atoms with Gasteiger partial charge in [-0.15, -0.1) is 11.3 Å². The quantitative estimate of drug-likeness (QED) is 0.807. The molecular weight excluding hydrogens is 374 g/mol. The van der Waals surface area contributed by atoms with E-state index in [2.05, 4.69) is 15.8 Å². The molecule has 3 heterocycles. The van der Waals surface area contributed by atoms with Crippen LogP contribution in [0.1, 0.15) is 18.7 Å². The van der Waals surface area contributed by atoms with Crippen LogP contribution in [-0.2, 0) is 14.8 Å². The second-order valence-electron chi connectivity index (χ2n) is 6.17. The standard InChI is InChI=1S/C17H19N3O4S2/c1-11(2)26(21,22)20-15-9-23-10-16(15)24-12-3-5-14(19-8-12)17-6-4-13(7-18)25-17/h3-6,8,11,15-16,20H,9-10H2,1-2H3. The third-order valence-corrected chi connectivity index (χ3v) is 6.84. The number of rotatable bonds is 6. The third-order valence-electron chi connectivity index (χ3n) is 3.96. The third kappa shape index (κ3) is 4.22. The maximum Gasteiger partial charge on any atom is 0.214 e. The molecule has 0 spiro atoms. The van der Waals surface area contributed by atoms with Gasteiger partial charge in [0, 0.05) is 0 Å². The van der Waals surface area contributed by atoms with Crippen molar-refractivity contribution in [3.63, 3.8) is 0 Å². The monoisotopic (exact) mass is 393 g/mol. The number of nitrogens with zero attached hydrogens (tertiary/aromatic N) is 2. The summed E-state index contributed by atoms with van der Waals surface area (Å²) in [5.41, 5.74) is 0.753. The summed E-state index contributed by atoms with van der Waals surface area (Å²) in [6.45, 7) is 3.83. The number of hydrogen-bond acceptors (Lipinski definition) is 7. The van der Waals surface area contributed by atoms with E-state index in [0.29, 0.717) is 17.2 Å². The Bertz CT molecular complexity index is 901. The van der Waals surface area contributed by atoms with Crippen molar-refractivity contribution in [3.05, 3.63) is 35.3 Å². The minimum Gasteiger partial charge on any atom is -0.485 e. The zero-order chi connectivity index (χ0) is 18.7. The first-order chi connectivity index (χ1) is 12.4. The molecule has 0 bridgehead atoms. The van der Waals surface area contributed by atoms with Gasteiger partial charge in [0.1, 0.15) is 22.8 Å². The van der Waals surface area contributed by atoms with Crippen molar-refractivity contribution in [2.75, 3.05) is 13.2 Å². The maximum absolute atomic E-state index is 12.1.